The molecule has 1 aliphatic heterocycles. The highest BCUT2D eigenvalue weighted by molar-refractivity contribution is 5.87. The van der Waals surface area contributed by atoms with Gasteiger partial charge < -0.3 is 0 Å². The van der Waals surface area contributed by atoms with Crippen molar-refractivity contribution < 1.29 is 4.79 Å². The van der Waals surface area contributed by atoms with Crippen LogP contribution in [0.5, 0.6) is 0 Å². The number of ketones is 1. The van der Waals surface area contributed by atoms with Crippen molar-refractivity contribution >= 4 is 5.78 Å². The van der Waals surface area contributed by atoms with E-state index in [1.807, 2.05) is 0 Å². The van der Waals surface area contributed by atoms with E-state index in [9.17, 15) is 4.79 Å². The van der Waals surface area contributed by atoms with Gasteiger partial charge in [0.05, 0.1) is 13.1 Å². The number of rotatable bonds is 1. The number of hydrogen-bond donors (Lipinski definition) is 0. The molecule has 0 aromatic heterocycles. The van der Waals surface area contributed by atoms with E-state index in [0.717, 1.165) is 19.1 Å². The predicted molar refractivity (Wildman–Crippen MR) is 29.6 cm³/mol. The lowest BCUT2D eigenvalue weighted by Crippen LogP contribution is -2.48. The molecule has 2 heteroatoms. The summed E-state index contributed by atoms with van der Waals surface area (Å²) in [6.07, 6.45) is 2.65. The molecule has 8 heavy (non-hydrogen) atoms. The van der Waals surface area contributed by atoms with Gasteiger partial charge in [-0.25, -0.2) is 0 Å². The second kappa shape index (κ2) is 1.32. The van der Waals surface area contributed by atoms with E-state index in [4.69, 9.17) is 0 Å². The van der Waals surface area contributed by atoms with Crippen molar-refractivity contribution in [1.29, 1.82) is 0 Å². The molecule has 0 radical (unpaired) electrons. The Kier molecular flexibility index (Phi) is 0.742. The van der Waals surface area contributed by atoms with E-state index < -0.39 is 0 Å². The van der Waals surface area contributed by atoms with Crippen LogP contribution in [-0.4, -0.2) is 29.8 Å². The van der Waals surface area contributed by atoms with Gasteiger partial charge in [-0.3, -0.25) is 9.69 Å². The first-order valence-electron chi connectivity index (χ1n) is 3.12. The third kappa shape index (κ3) is 0.564. The minimum absolute atomic E-state index is 0.414. The SMILES string of the molecule is O=C1CN(C2CC2)C1. The second-order valence-corrected chi connectivity index (χ2v) is 2.67. The molecular weight excluding hydrogens is 102 g/mol. The van der Waals surface area contributed by atoms with Crippen LogP contribution in [0.3, 0.4) is 0 Å². The van der Waals surface area contributed by atoms with Crippen molar-refractivity contribution in [3.63, 3.8) is 0 Å². The summed E-state index contributed by atoms with van der Waals surface area (Å²) in [7, 11) is 0. The van der Waals surface area contributed by atoms with Crippen LogP contribution in [0.4, 0.5) is 0 Å². The molecule has 2 rings (SSSR count). The van der Waals surface area contributed by atoms with Gasteiger partial charge in [0.1, 0.15) is 0 Å². The molecule has 1 aliphatic carbocycles. The molecule has 1 saturated heterocycles. The molecule has 0 atom stereocenters. The van der Waals surface area contributed by atoms with Gasteiger partial charge >= 0.3 is 0 Å². The maximum Gasteiger partial charge on any atom is 0.160 e. The van der Waals surface area contributed by atoms with E-state index >= 15 is 0 Å². The Hall–Kier alpha value is -0.370. The fourth-order valence-corrected chi connectivity index (χ4v) is 1.10. The smallest absolute Gasteiger partial charge is 0.160 e. The zero-order chi connectivity index (χ0) is 5.56. The summed E-state index contributed by atoms with van der Waals surface area (Å²) in [6, 6.07) is 0.799. The van der Waals surface area contributed by atoms with Crippen molar-refractivity contribution in [2.45, 2.75) is 18.9 Å². The van der Waals surface area contributed by atoms with Crippen LogP contribution < -0.4 is 0 Å². The van der Waals surface area contributed by atoms with Gasteiger partial charge in [-0.15, -0.1) is 0 Å². The lowest BCUT2D eigenvalue weighted by atomic mass is 10.2. The van der Waals surface area contributed by atoms with Crippen LogP contribution in [0.2, 0.25) is 0 Å². The summed E-state index contributed by atoms with van der Waals surface area (Å²) in [6.45, 7) is 1.48. The van der Waals surface area contributed by atoms with E-state index in [2.05, 4.69) is 4.90 Å². The average molecular weight is 111 g/mol. The number of likely N-dealkylation sites (tertiary alicyclic amines) is 1. The summed E-state index contributed by atoms with van der Waals surface area (Å²) < 4.78 is 0. The van der Waals surface area contributed by atoms with Crippen LogP contribution >= 0.6 is 0 Å². The number of nitrogens with zero attached hydrogens (tertiary/aromatic N) is 1. The molecule has 44 valence electrons. The van der Waals surface area contributed by atoms with Gasteiger partial charge in [0.25, 0.3) is 0 Å². The third-order valence-corrected chi connectivity index (χ3v) is 1.82. The zero-order valence-corrected chi connectivity index (χ0v) is 4.76. The molecule has 2 fully saturated rings. The molecule has 1 saturated carbocycles. The molecule has 0 bridgehead atoms. The summed E-state index contributed by atoms with van der Waals surface area (Å²) >= 11 is 0. The van der Waals surface area contributed by atoms with Gasteiger partial charge in [-0.2, -0.15) is 0 Å². The van der Waals surface area contributed by atoms with E-state index in [-0.39, 0.29) is 0 Å². The fourth-order valence-electron chi connectivity index (χ4n) is 1.10. The predicted octanol–water partition coefficient (Wildman–Crippen LogP) is 0.0335. The van der Waals surface area contributed by atoms with E-state index in [1.54, 1.807) is 0 Å². The molecule has 2 aliphatic rings. The highest BCUT2D eigenvalue weighted by atomic mass is 16.1. The van der Waals surface area contributed by atoms with Crippen molar-refractivity contribution in [3.8, 4) is 0 Å². The molecule has 1 heterocycles. The van der Waals surface area contributed by atoms with E-state index in [1.165, 1.54) is 12.8 Å². The van der Waals surface area contributed by atoms with Crippen LogP contribution in [0.25, 0.3) is 0 Å². The summed E-state index contributed by atoms with van der Waals surface area (Å²) in [4.78, 5) is 12.7. The van der Waals surface area contributed by atoms with Gasteiger partial charge in [0, 0.05) is 6.04 Å². The maximum absolute atomic E-state index is 10.4. The van der Waals surface area contributed by atoms with Crippen LogP contribution in [0.1, 0.15) is 12.8 Å². The summed E-state index contributed by atoms with van der Waals surface area (Å²) in [5, 5.41) is 0. The van der Waals surface area contributed by atoms with Crippen molar-refractivity contribution in [1.82, 2.24) is 4.90 Å². The zero-order valence-electron chi connectivity index (χ0n) is 4.76. The fraction of sp³-hybridized carbons (Fsp3) is 0.833. The standard InChI is InChI=1S/C6H9NO/c8-6-3-7(4-6)5-1-2-5/h5H,1-4H2. The number of Topliss-reactive ketones (excluding diaryl/α,β-unsaturated/α-hetero) is 1. The monoisotopic (exact) mass is 111 g/mol. The van der Waals surface area contributed by atoms with Gasteiger partial charge in [-0.05, 0) is 12.8 Å². The van der Waals surface area contributed by atoms with Gasteiger partial charge in [-0.1, -0.05) is 0 Å². The Balaban J connectivity index is 1.86. The Labute approximate surface area is 48.5 Å². The molecule has 2 nitrogen and oxygen atoms in total. The summed E-state index contributed by atoms with van der Waals surface area (Å²) in [5.74, 6) is 0.414. The first-order valence-corrected chi connectivity index (χ1v) is 3.12. The van der Waals surface area contributed by atoms with E-state index in [0.29, 0.717) is 5.78 Å². The quantitative estimate of drug-likeness (QED) is 0.476. The van der Waals surface area contributed by atoms with Crippen LogP contribution in [0.15, 0.2) is 0 Å². The second-order valence-electron chi connectivity index (χ2n) is 2.67. The average Bonchev–Trinajstić information content (AvgIpc) is 2.37. The normalized spacial score (nSPS) is 30.2. The molecule has 0 aromatic carbocycles. The Bertz CT molecular complexity index is 120. The highest BCUT2D eigenvalue weighted by Crippen LogP contribution is 2.28. The minimum atomic E-state index is 0.414. The molecular formula is C6H9NO. The van der Waals surface area contributed by atoms with Crippen molar-refractivity contribution in [3.05, 3.63) is 0 Å². The third-order valence-electron chi connectivity index (χ3n) is 1.82. The lowest BCUT2D eigenvalue weighted by Gasteiger charge is -2.28. The number of carbonyl (C=O) groups is 1. The van der Waals surface area contributed by atoms with Crippen LogP contribution in [-0.2, 0) is 4.79 Å². The first kappa shape index (κ1) is 4.50. The molecule has 0 unspecified atom stereocenters. The Morgan fingerprint density at radius 2 is 2.00 bits per heavy atom. The first-order chi connectivity index (χ1) is 3.86. The topological polar surface area (TPSA) is 20.3 Å². The number of hydrogen-bond acceptors (Lipinski definition) is 2. The van der Waals surface area contributed by atoms with Crippen molar-refractivity contribution in [2.24, 2.45) is 0 Å². The largest absolute Gasteiger partial charge is 0.297 e. The maximum atomic E-state index is 10.4. The lowest BCUT2D eigenvalue weighted by molar-refractivity contribution is -0.129. The molecule has 0 amide bonds. The molecule has 0 spiro atoms. The Morgan fingerprint density at radius 1 is 1.38 bits per heavy atom. The molecule has 0 aromatic rings. The number of carbonyl (C=O) groups excluding carboxylic acids is 1. The van der Waals surface area contributed by atoms with Crippen LogP contribution in [0, 0.1) is 0 Å². The summed E-state index contributed by atoms with van der Waals surface area (Å²) in [5.41, 5.74) is 0. The van der Waals surface area contributed by atoms with Crippen molar-refractivity contribution in [2.75, 3.05) is 13.1 Å². The van der Waals surface area contributed by atoms with Gasteiger partial charge in [0.2, 0.25) is 0 Å². The Morgan fingerprint density at radius 3 is 2.38 bits per heavy atom. The van der Waals surface area contributed by atoms with Gasteiger partial charge in [0.15, 0.2) is 5.78 Å². The minimum Gasteiger partial charge on any atom is -0.297 e. The molecule has 0 N–H and O–H groups in total. The highest BCUT2D eigenvalue weighted by Gasteiger charge is 2.36.